The molecule has 0 fully saturated rings. The molecule has 4 rings (SSSR count). The number of hydrogen-bond acceptors (Lipinski definition) is 2. The highest BCUT2D eigenvalue weighted by Crippen LogP contribution is 2.36. The van der Waals surface area contributed by atoms with Crippen molar-refractivity contribution >= 4 is 44.5 Å². The van der Waals surface area contributed by atoms with Crippen molar-refractivity contribution in [1.29, 1.82) is 0 Å². The number of carbonyl (C=O) groups is 1. The largest absolute Gasteiger partial charge is 0.462 e. The second kappa shape index (κ2) is 5.95. The average molecular weight is 382 g/mol. The average Bonchev–Trinajstić information content (AvgIpc) is 3.15. The number of allylic oxidation sites excluding steroid dienone is 1. The summed E-state index contributed by atoms with van der Waals surface area (Å²) in [4.78, 5) is 16.0. The van der Waals surface area contributed by atoms with Crippen LogP contribution in [0.25, 0.3) is 22.6 Å². The molecular weight excluding hydrogens is 366 g/mol. The predicted octanol–water partition coefficient (Wildman–Crippen LogP) is 5.20. The first-order valence-corrected chi connectivity index (χ1v) is 8.74. The summed E-state index contributed by atoms with van der Waals surface area (Å²) in [6.45, 7) is 2.19. The lowest BCUT2D eigenvalue weighted by Crippen LogP contribution is -2.07. The van der Waals surface area contributed by atoms with Crippen molar-refractivity contribution in [2.75, 3.05) is 6.61 Å². The maximum absolute atomic E-state index is 12.5. The van der Waals surface area contributed by atoms with Crippen LogP contribution in [0.4, 0.5) is 0 Å². The van der Waals surface area contributed by atoms with E-state index in [1.807, 2.05) is 37.3 Å². The number of aromatic nitrogens is 1. The van der Waals surface area contributed by atoms with E-state index in [0.29, 0.717) is 12.2 Å². The van der Waals surface area contributed by atoms with Gasteiger partial charge in [0.2, 0.25) is 0 Å². The standard InChI is InChI=1S/C20H16BrNO2/c1-2-24-20(23)18-16-5-3-4-6-17(16)22-19(18)14-9-12-7-8-15(21)11-13(12)10-14/h3-8,10-11,22H,2,9H2,1H3. The molecule has 0 spiro atoms. The summed E-state index contributed by atoms with van der Waals surface area (Å²) in [6, 6.07) is 14.1. The number of nitrogens with one attached hydrogen (secondary N) is 1. The zero-order chi connectivity index (χ0) is 16.7. The molecule has 1 N–H and O–H groups in total. The molecule has 1 heterocycles. The Bertz CT molecular complexity index is 984. The summed E-state index contributed by atoms with van der Waals surface area (Å²) < 4.78 is 6.35. The van der Waals surface area contributed by atoms with Crippen LogP contribution in [0.5, 0.6) is 0 Å². The van der Waals surface area contributed by atoms with E-state index in [0.717, 1.165) is 33.1 Å². The minimum atomic E-state index is -0.275. The molecule has 0 radical (unpaired) electrons. The van der Waals surface area contributed by atoms with Gasteiger partial charge in [-0.3, -0.25) is 0 Å². The predicted molar refractivity (Wildman–Crippen MR) is 100.0 cm³/mol. The molecule has 3 aromatic rings. The number of H-pyrrole nitrogens is 1. The van der Waals surface area contributed by atoms with Crippen LogP contribution in [-0.2, 0) is 11.2 Å². The second-order valence-corrected chi connectivity index (χ2v) is 6.75. The van der Waals surface area contributed by atoms with Gasteiger partial charge in [0.1, 0.15) is 0 Å². The van der Waals surface area contributed by atoms with Crippen molar-refractivity contribution in [3.63, 3.8) is 0 Å². The van der Waals surface area contributed by atoms with Crippen LogP contribution >= 0.6 is 15.9 Å². The first-order valence-electron chi connectivity index (χ1n) is 7.94. The zero-order valence-corrected chi connectivity index (χ0v) is 14.8. The summed E-state index contributed by atoms with van der Waals surface area (Å²) in [7, 11) is 0. The molecule has 2 aromatic carbocycles. The second-order valence-electron chi connectivity index (χ2n) is 5.83. The molecule has 1 aliphatic rings. The van der Waals surface area contributed by atoms with Crippen LogP contribution in [0, 0.1) is 0 Å². The quantitative estimate of drug-likeness (QED) is 0.633. The van der Waals surface area contributed by atoms with E-state index in [-0.39, 0.29) is 5.97 Å². The fourth-order valence-electron chi connectivity index (χ4n) is 3.26. The van der Waals surface area contributed by atoms with Crippen LogP contribution < -0.4 is 0 Å². The molecule has 0 saturated heterocycles. The van der Waals surface area contributed by atoms with Gasteiger partial charge in [0, 0.05) is 21.8 Å². The molecule has 3 nitrogen and oxygen atoms in total. The molecule has 0 aliphatic heterocycles. The molecule has 0 unspecified atom stereocenters. The number of rotatable bonds is 3. The van der Waals surface area contributed by atoms with Crippen molar-refractivity contribution in [2.45, 2.75) is 13.3 Å². The highest BCUT2D eigenvalue weighted by molar-refractivity contribution is 9.10. The summed E-state index contributed by atoms with van der Waals surface area (Å²) in [6.07, 6.45) is 2.95. The minimum absolute atomic E-state index is 0.275. The van der Waals surface area contributed by atoms with Gasteiger partial charge in [-0.25, -0.2) is 4.79 Å². The van der Waals surface area contributed by atoms with Gasteiger partial charge in [-0.2, -0.15) is 0 Å². The molecular formula is C20H16BrNO2. The first-order chi connectivity index (χ1) is 11.7. The van der Waals surface area contributed by atoms with Gasteiger partial charge in [-0.1, -0.05) is 40.2 Å². The van der Waals surface area contributed by atoms with Gasteiger partial charge in [0.05, 0.1) is 17.9 Å². The van der Waals surface area contributed by atoms with Gasteiger partial charge >= 0.3 is 5.97 Å². The van der Waals surface area contributed by atoms with Crippen molar-refractivity contribution in [1.82, 2.24) is 4.98 Å². The van der Waals surface area contributed by atoms with Crippen molar-refractivity contribution in [3.05, 3.63) is 69.3 Å². The molecule has 24 heavy (non-hydrogen) atoms. The Hall–Kier alpha value is -2.33. The summed E-state index contributed by atoms with van der Waals surface area (Å²) in [5, 5.41) is 0.906. The normalized spacial score (nSPS) is 13.0. The lowest BCUT2D eigenvalue weighted by molar-refractivity contribution is 0.0528. The van der Waals surface area contributed by atoms with E-state index in [1.54, 1.807) is 0 Å². The first kappa shape index (κ1) is 15.2. The molecule has 1 aromatic heterocycles. The molecule has 0 bridgehead atoms. The van der Waals surface area contributed by atoms with Gasteiger partial charge in [-0.15, -0.1) is 0 Å². The Morgan fingerprint density at radius 2 is 2.08 bits per heavy atom. The number of halogens is 1. The topological polar surface area (TPSA) is 42.1 Å². The molecule has 0 saturated carbocycles. The van der Waals surface area contributed by atoms with Crippen LogP contribution in [0.2, 0.25) is 0 Å². The molecule has 4 heteroatoms. The zero-order valence-electron chi connectivity index (χ0n) is 13.2. The van der Waals surface area contributed by atoms with E-state index in [2.05, 4.69) is 39.1 Å². The van der Waals surface area contributed by atoms with Gasteiger partial charge in [0.15, 0.2) is 0 Å². The van der Waals surface area contributed by atoms with Crippen LogP contribution in [0.3, 0.4) is 0 Å². The number of fused-ring (bicyclic) bond motifs is 2. The lowest BCUT2D eigenvalue weighted by Gasteiger charge is -2.05. The number of ether oxygens (including phenoxy) is 1. The number of aromatic amines is 1. The lowest BCUT2D eigenvalue weighted by atomic mass is 10.0. The van der Waals surface area contributed by atoms with E-state index in [9.17, 15) is 4.79 Å². The summed E-state index contributed by atoms with van der Waals surface area (Å²) in [5.74, 6) is -0.275. The third kappa shape index (κ3) is 2.47. The smallest absolute Gasteiger partial charge is 0.340 e. The SMILES string of the molecule is CCOC(=O)c1c(C2=Cc3cc(Br)ccc3C2)[nH]c2ccccc12. The molecule has 1 aliphatic carbocycles. The Kier molecular flexibility index (Phi) is 3.77. The molecule has 120 valence electrons. The van der Waals surface area contributed by atoms with Crippen LogP contribution in [-0.4, -0.2) is 17.6 Å². The highest BCUT2D eigenvalue weighted by Gasteiger charge is 2.24. The van der Waals surface area contributed by atoms with Crippen molar-refractivity contribution in [3.8, 4) is 0 Å². The number of benzene rings is 2. The maximum Gasteiger partial charge on any atom is 0.340 e. The Morgan fingerprint density at radius 3 is 2.92 bits per heavy atom. The Morgan fingerprint density at radius 1 is 1.25 bits per heavy atom. The minimum Gasteiger partial charge on any atom is -0.462 e. The van der Waals surface area contributed by atoms with Crippen LogP contribution in [0.1, 0.15) is 34.1 Å². The third-order valence-corrected chi connectivity index (χ3v) is 4.82. The van der Waals surface area contributed by atoms with Gasteiger partial charge in [-0.05, 0) is 47.9 Å². The molecule has 0 atom stereocenters. The van der Waals surface area contributed by atoms with Crippen molar-refractivity contribution < 1.29 is 9.53 Å². The van der Waals surface area contributed by atoms with Crippen LogP contribution in [0.15, 0.2) is 46.9 Å². The number of carbonyl (C=O) groups excluding carboxylic acids is 1. The third-order valence-electron chi connectivity index (χ3n) is 4.33. The van der Waals surface area contributed by atoms with Gasteiger partial charge < -0.3 is 9.72 Å². The monoisotopic (exact) mass is 381 g/mol. The van der Waals surface area contributed by atoms with Crippen molar-refractivity contribution in [2.24, 2.45) is 0 Å². The fourth-order valence-corrected chi connectivity index (χ4v) is 3.64. The van der Waals surface area contributed by atoms with E-state index in [1.165, 1.54) is 11.1 Å². The van der Waals surface area contributed by atoms with Gasteiger partial charge in [0.25, 0.3) is 0 Å². The maximum atomic E-state index is 12.5. The molecule has 0 amide bonds. The number of hydrogen-bond donors (Lipinski definition) is 1. The Balaban J connectivity index is 1.87. The summed E-state index contributed by atoms with van der Waals surface area (Å²) >= 11 is 3.52. The number of para-hydroxylation sites is 1. The van der Waals surface area contributed by atoms with E-state index >= 15 is 0 Å². The number of esters is 1. The highest BCUT2D eigenvalue weighted by atomic mass is 79.9. The van der Waals surface area contributed by atoms with E-state index in [4.69, 9.17) is 4.74 Å². The summed E-state index contributed by atoms with van der Waals surface area (Å²) in [5.41, 5.74) is 6.01. The fraction of sp³-hybridized carbons (Fsp3) is 0.150. The van der Waals surface area contributed by atoms with E-state index < -0.39 is 0 Å². The Labute approximate surface area is 148 Å².